The molecular weight excluding hydrogens is 296 g/mol. The van der Waals surface area contributed by atoms with Crippen LogP contribution in [0.2, 0.25) is 0 Å². The SMILES string of the molecule is O=C1C[C@@H](C(=O)NCCNC(=O)c2ccc(F)cc2F)CN1. The molecule has 0 bridgehead atoms. The minimum absolute atomic E-state index is 0.0927. The zero-order valence-electron chi connectivity index (χ0n) is 11.6. The van der Waals surface area contributed by atoms with E-state index < -0.39 is 23.5 Å². The van der Waals surface area contributed by atoms with Crippen molar-refractivity contribution in [3.05, 3.63) is 35.4 Å². The molecule has 6 nitrogen and oxygen atoms in total. The number of rotatable bonds is 5. The van der Waals surface area contributed by atoms with Crippen LogP contribution in [0.15, 0.2) is 18.2 Å². The molecule has 0 radical (unpaired) electrons. The summed E-state index contributed by atoms with van der Waals surface area (Å²) < 4.78 is 26.1. The number of hydrogen-bond acceptors (Lipinski definition) is 3. The Morgan fingerprint density at radius 3 is 2.59 bits per heavy atom. The molecule has 1 atom stereocenters. The van der Waals surface area contributed by atoms with Crippen molar-refractivity contribution in [2.45, 2.75) is 6.42 Å². The molecule has 3 N–H and O–H groups in total. The molecule has 1 saturated heterocycles. The Balaban J connectivity index is 1.73. The minimum Gasteiger partial charge on any atom is -0.355 e. The first-order valence-electron chi connectivity index (χ1n) is 6.75. The lowest BCUT2D eigenvalue weighted by atomic mass is 10.1. The molecule has 2 rings (SSSR count). The van der Waals surface area contributed by atoms with Crippen molar-refractivity contribution in [3.8, 4) is 0 Å². The Morgan fingerprint density at radius 1 is 1.23 bits per heavy atom. The van der Waals surface area contributed by atoms with Crippen LogP contribution in [0.25, 0.3) is 0 Å². The van der Waals surface area contributed by atoms with Crippen LogP contribution < -0.4 is 16.0 Å². The number of benzene rings is 1. The summed E-state index contributed by atoms with van der Waals surface area (Å²) in [7, 11) is 0. The highest BCUT2D eigenvalue weighted by Gasteiger charge is 2.27. The quantitative estimate of drug-likeness (QED) is 0.666. The van der Waals surface area contributed by atoms with Gasteiger partial charge in [0.1, 0.15) is 11.6 Å². The number of carbonyl (C=O) groups is 3. The van der Waals surface area contributed by atoms with E-state index in [1.54, 1.807) is 0 Å². The summed E-state index contributed by atoms with van der Waals surface area (Å²) in [6.07, 6.45) is 0.152. The minimum atomic E-state index is -0.947. The number of hydrogen-bond donors (Lipinski definition) is 3. The maximum Gasteiger partial charge on any atom is 0.254 e. The first-order valence-corrected chi connectivity index (χ1v) is 6.75. The smallest absolute Gasteiger partial charge is 0.254 e. The monoisotopic (exact) mass is 311 g/mol. The third-order valence-electron chi connectivity index (χ3n) is 3.23. The van der Waals surface area contributed by atoms with Crippen LogP contribution in [-0.4, -0.2) is 37.4 Å². The zero-order chi connectivity index (χ0) is 16.1. The van der Waals surface area contributed by atoms with Gasteiger partial charge in [0, 0.05) is 32.1 Å². The van der Waals surface area contributed by atoms with Crippen molar-refractivity contribution in [2.75, 3.05) is 19.6 Å². The van der Waals surface area contributed by atoms with Gasteiger partial charge in [-0.3, -0.25) is 14.4 Å². The van der Waals surface area contributed by atoms with E-state index in [4.69, 9.17) is 0 Å². The van der Waals surface area contributed by atoms with Crippen molar-refractivity contribution >= 4 is 17.7 Å². The average Bonchev–Trinajstić information content (AvgIpc) is 2.90. The van der Waals surface area contributed by atoms with E-state index in [2.05, 4.69) is 16.0 Å². The fraction of sp³-hybridized carbons (Fsp3) is 0.357. The molecule has 3 amide bonds. The molecule has 1 aliphatic rings. The van der Waals surface area contributed by atoms with Crippen molar-refractivity contribution in [1.29, 1.82) is 0 Å². The topological polar surface area (TPSA) is 87.3 Å². The van der Waals surface area contributed by atoms with Gasteiger partial charge in [-0.05, 0) is 12.1 Å². The molecule has 22 heavy (non-hydrogen) atoms. The van der Waals surface area contributed by atoms with Crippen molar-refractivity contribution in [3.63, 3.8) is 0 Å². The maximum atomic E-state index is 13.4. The Hall–Kier alpha value is -2.51. The second-order valence-electron chi connectivity index (χ2n) is 4.88. The van der Waals surface area contributed by atoms with Crippen LogP contribution in [-0.2, 0) is 9.59 Å². The number of carbonyl (C=O) groups excluding carboxylic acids is 3. The molecule has 1 heterocycles. The van der Waals surface area contributed by atoms with Gasteiger partial charge < -0.3 is 16.0 Å². The third-order valence-corrected chi connectivity index (χ3v) is 3.23. The molecule has 0 saturated carbocycles. The summed E-state index contributed by atoms with van der Waals surface area (Å²) >= 11 is 0. The third kappa shape index (κ3) is 4.00. The second-order valence-corrected chi connectivity index (χ2v) is 4.88. The van der Waals surface area contributed by atoms with Crippen LogP contribution >= 0.6 is 0 Å². The molecule has 8 heteroatoms. The first-order chi connectivity index (χ1) is 10.5. The summed E-state index contributed by atoms with van der Waals surface area (Å²) in [6, 6.07) is 2.67. The van der Waals surface area contributed by atoms with Crippen LogP contribution in [0, 0.1) is 17.6 Å². The summed E-state index contributed by atoms with van der Waals surface area (Å²) in [5, 5.41) is 7.54. The molecule has 1 aromatic rings. The van der Waals surface area contributed by atoms with E-state index in [0.29, 0.717) is 12.6 Å². The van der Waals surface area contributed by atoms with Gasteiger partial charge in [-0.25, -0.2) is 8.78 Å². The summed E-state index contributed by atoms with van der Waals surface area (Å²) in [6.45, 7) is 0.547. The lowest BCUT2D eigenvalue weighted by Gasteiger charge is -2.10. The zero-order valence-corrected chi connectivity index (χ0v) is 11.6. The molecule has 0 spiro atoms. The summed E-state index contributed by atoms with van der Waals surface area (Å²) in [4.78, 5) is 34.3. The highest BCUT2D eigenvalue weighted by Crippen LogP contribution is 2.09. The molecule has 0 unspecified atom stereocenters. The molecule has 1 aromatic carbocycles. The van der Waals surface area contributed by atoms with Gasteiger partial charge in [0.15, 0.2) is 0 Å². The van der Waals surface area contributed by atoms with Gasteiger partial charge in [0.25, 0.3) is 5.91 Å². The maximum absolute atomic E-state index is 13.4. The van der Waals surface area contributed by atoms with E-state index in [9.17, 15) is 23.2 Å². The van der Waals surface area contributed by atoms with Crippen LogP contribution in [0.1, 0.15) is 16.8 Å². The first kappa shape index (κ1) is 15.9. The van der Waals surface area contributed by atoms with E-state index in [1.807, 2.05) is 0 Å². The fourth-order valence-electron chi connectivity index (χ4n) is 2.07. The summed E-state index contributed by atoms with van der Waals surface area (Å²) in [5.41, 5.74) is -0.265. The average molecular weight is 311 g/mol. The Labute approximate surface area is 125 Å². The predicted octanol–water partition coefficient (Wildman–Crippen LogP) is -0.0531. The molecule has 0 aliphatic carbocycles. The fourth-order valence-corrected chi connectivity index (χ4v) is 2.07. The highest BCUT2D eigenvalue weighted by atomic mass is 19.1. The van der Waals surface area contributed by atoms with Gasteiger partial charge in [0.2, 0.25) is 11.8 Å². The molecule has 118 valence electrons. The lowest BCUT2D eigenvalue weighted by molar-refractivity contribution is -0.126. The Kier molecular flexibility index (Phi) is 5.03. The van der Waals surface area contributed by atoms with Gasteiger partial charge in [-0.15, -0.1) is 0 Å². The lowest BCUT2D eigenvalue weighted by Crippen LogP contribution is -2.38. The molecular formula is C14H15F2N3O3. The predicted molar refractivity (Wildman–Crippen MR) is 72.8 cm³/mol. The van der Waals surface area contributed by atoms with E-state index in [0.717, 1.165) is 12.1 Å². The molecule has 1 fully saturated rings. The largest absolute Gasteiger partial charge is 0.355 e. The van der Waals surface area contributed by atoms with Crippen LogP contribution in [0.5, 0.6) is 0 Å². The van der Waals surface area contributed by atoms with E-state index >= 15 is 0 Å². The van der Waals surface area contributed by atoms with Gasteiger partial charge in [-0.2, -0.15) is 0 Å². The molecule has 0 aromatic heterocycles. The standard InChI is InChI=1S/C14H15F2N3O3/c15-9-1-2-10(11(16)6-9)14(22)18-4-3-17-13(21)8-5-12(20)19-7-8/h1-2,6,8H,3-5,7H2,(H,17,21)(H,18,22)(H,19,20)/t8-/m1/s1. The Bertz CT molecular complexity index is 607. The van der Waals surface area contributed by atoms with Crippen molar-refractivity contribution in [1.82, 2.24) is 16.0 Å². The van der Waals surface area contributed by atoms with Crippen LogP contribution in [0.3, 0.4) is 0 Å². The van der Waals surface area contributed by atoms with E-state index in [-0.39, 0.29) is 36.9 Å². The number of amides is 3. The normalized spacial score (nSPS) is 17.0. The number of halogens is 2. The second kappa shape index (κ2) is 6.97. The Morgan fingerprint density at radius 2 is 1.95 bits per heavy atom. The van der Waals surface area contributed by atoms with Crippen LogP contribution in [0.4, 0.5) is 8.78 Å². The van der Waals surface area contributed by atoms with Crippen molar-refractivity contribution in [2.24, 2.45) is 5.92 Å². The molecule has 1 aliphatic heterocycles. The number of nitrogens with one attached hydrogen (secondary N) is 3. The summed E-state index contributed by atoms with van der Waals surface area (Å²) in [5.74, 6) is -3.25. The van der Waals surface area contributed by atoms with Gasteiger partial charge in [0.05, 0.1) is 11.5 Å². The van der Waals surface area contributed by atoms with E-state index in [1.165, 1.54) is 0 Å². The van der Waals surface area contributed by atoms with Gasteiger partial charge in [-0.1, -0.05) is 0 Å². The van der Waals surface area contributed by atoms with Crippen molar-refractivity contribution < 1.29 is 23.2 Å². The highest BCUT2D eigenvalue weighted by molar-refractivity contribution is 5.94. The van der Waals surface area contributed by atoms with Gasteiger partial charge >= 0.3 is 0 Å².